The van der Waals surface area contributed by atoms with Crippen molar-refractivity contribution in [3.05, 3.63) is 35.9 Å². The highest BCUT2D eigenvalue weighted by atomic mass is 15.1. The molecular formula is C18H28N2. The Bertz CT molecular complexity index is 407. The molecule has 2 nitrogen and oxygen atoms in total. The lowest BCUT2D eigenvalue weighted by molar-refractivity contribution is 0.148. The number of likely N-dealkylation sites (tertiary alicyclic amines) is 1. The largest absolute Gasteiger partial charge is 0.313 e. The van der Waals surface area contributed by atoms with Gasteiger partial charge in [0.15, 0.2) is 0 Å². The van der Waals surface area contributed by atoms with Crippen LogP contribution in [-0.4, -0.2) is 36.6 Å². The highest BCUT2D eigenvalue weighted by molar-refractivity contribution is 5.27. The molecule has 2 aliphatic rings. The van der Waals surface area contributed by atoms with Gasteiger partial charge in [0.1, 0.15) is 0 Å². The zero-order valence-corrected chi connectivity index (χ0v) is 12.9. The van der Waals surface area contributed by atoms with Crippen LogP contribution in [0.3, 0.4) is 0 Å². The summed E-state index contributed by atoms with van der Waals surface area (Å²) < 4.78 is 0. The number of nitrogens with one attached hydrogen (secondary N) is 1. The van der Waals surface area contributed by atoms with Gasteiger partial charge in [0.05, 0.1) is 0 Å². The molecule has 110 valence electrons. The van der Waals surface area contributed by atoms with E-state index in [-0.39, 0.29) is 0 Å². The standard InChI is InChI=1S/C18H28N2/c1-14(2)20-10-8-15(9-11-20)13-19-18-12-17(18)16-6-4-3-5-7-16/h3-7,14-15,17-19H,8-13H2,1-2H3/t17-,18+/m0/s1. The highest BCUT2D eigenvalue weighted by Crippen LogP contribution is 2.40. The minimum atomic E-state index is 0.717. The fourth-order valence-electron chi connectivity index (χ4n) is 3.48. The average molecular weight is 272 g/mol. The van der Waals surface area contributed by atoms with Crippen molar-refractivity contribution in [3.63, 3.8) is 0 Å². The van der Waals surface area contributed by atoms with E-state index in [0.29, 0.717) is 0 Å². The van der Waals surface area contributed by atoms with Crippen LogP contribution in [0.5, 0.6) is 0 Å². The predicted octanol–water partition coefficient (Wildman–Crippen LogP) is 3.25. The monoisotopic (exact) mass is 272 g/mol. The SMILES string of the molecule is CC(C)N1CCC(CN[C@@H]2C[C@H]2c2ccccc2)CC1. The number of hydrogen-bond acceptors (Lipinski definition) is 2. The summed E-state index contributed by atoms with van der Waals surface area (Å²) in [4.78, 5) is 2.61. The van der Waals surface area contributed by atoms with Crippen LogP contribution in [0.4, 0.5) is 0 Å². The summed E-state index contributed by atoms with van der Waals surface area (Å²) in [5.41, 5.74) is 1.51. The molecule has 1 N–H and O–H groups in total. The van der Waals surface area contributed by atoms with Crippen LogP contribution in [0.15, 0.2) is 30.3 Å². The second-order valence-electron chi connectivity index (χ2n) is 6.84. The molecule has 1 heterocycles. The van der Waals surface area contributed by atoms with Crippen molar-refractivity contribution >= 4 is 0 Å². The van der Waals surface area contributed by atoms with Gasteiger partial charge in [-0.05, 0) is 64.2 Å². The molecule has 2 atom stereocenters. The molecule has 2 heteroatoms. The van der Waals surface area contributed by atoms with Crippen molar-refractivity contribution < 1.29 is 0 Å². The zero-order valence-electron chi connectivity index (χ0n) is 12.9. The van der Waals surface area contributed by atoms with Crippen molar-refractivity contribution in [1.29, 1.82) is 0 Å². The lowest BCUT2D eigenvalue weighted by Crippen LogP contribution is -2.41. The molecule has 1 saturated heterocycles. The highest BCUT2D eigenvalue weighted by Gasteiger charge is 2.38. The van der Waals surface area contributed by atoms with Gasteiger partial charge in [-0.1, -0.05) is 30.3 Å². The molecule has 1 aromatic carbocycles. The fraction of sp³-hybridized carbons (Fsp3) is 0.667. The van der Waals surface area contributed by atoms with E-state index in [0.717, 1.165) is 23.9 Å². The molecule has 0 aromatic heterocycles. The van der Waals surface area contributed by atoms with Gasteiger partial charge in [0.2, 0.25) is 0 Å². The second-order valence-corrected chi connectivity index (χ2v) is 6.84. The van der Waals surface area contributed by atoms with E-state index in [2.05, 4.69) is 54.4 Å². The Morgan fingerprint density at radius 2 is 1.85 bits per heavy atom. The van der Waals surface area contributed by atoms with E-state index >= 15 is 0 Å². The van der Waals surface area contributed by atoms with E-state index in [4.69, 9.17) is 0 Å². The Morgan fingerprint density at radius 1 is 1.15 bits per heavy atom. The fourth-order valence-corrected chi connectivity index (χ4v) is 3.48. The lowest BCUT2D eigenvalue weighted by atomic mass is 9.96. The smallest absolute Gasteiger partial charge is 0.0143 e. The van der Waals surface area contributed by atoms with Gasteiger partial charge in [0.25, 0.3) is 0 Å². The summed E-state index contributed by atoms with van der Waals surface area (Å²) in [5, 5.41) is 3.80. The van der Waals surface area contributed by atoms with Crippen LogP contribution in [0, 0.1) is 5.92 Å². The lowest BCUT2D eigenvalue weighted by Gasteiger charge is -2.34. The Morgan fingerprint density at radius 3 is 2.50 bits per heavy atom. The van der Waals surface area contributed by atoms with Crippen molar-refractivity contribution in [3.8, 4) is 0 Å². The Labute approximate surface area is 123 Å². The van der Waals surface area contributed by atoms with Crippen LogP contribution in [0.2, 0.25) is 0 Å². The average Bonchev–Trinajstić information content (AvgIpc) is 3.26. The molecule has 0 bridgehead atoms. The van der Waals surface area contributed by atoms with Crippen LogP contribution >= 0.6 is 0 Å². The Balaban J connectivity index is 1.38. The van der Waals surface area contributed by atoms with Crippen LogP contribution < -0.4 is 5.32 Å². The molecule has 1 aromatic rings. The molecule has 1 aliphatic heterocycles. The van der Waals surface area contributed by atoms with Gasteiger partial charge < -0.3 is 10.2 Å². The van der Waals surface area contributed by atoms with Gasteiger partial charge in [-0.3, -0.25) is 0 Å². The van der Waals surface area contributed by atoms with Crippen molar-refractivity contribution in [1.82, 2.24) is 10.2 Å². The van der Waals surface area contributed by atoms with Gasteiger partial charge in [-0.15, -0.1) is 0 Å². The first-order valence-electron chi connectivity index (χ1n) is 8.26. The van der Waals surface area contributed by atoms with E-state index in [1.807, 2.05) is 0 Å². The van der Waals surface area contributed by atoms with Crippen molar-refractivity contribution in [2.45, 2.75) is 51.1 Å². The maximum Gasteiger partial charge on any atom is 0.0143 e. The molecule has 0 radical (unpaired) electrons. The third-order valence-corrected chi connectivity index (χ3v) is 5.07. The normalized spacial score (nSPS) is 27.9. The molecule has 0 unspecified atom stereocenters. The first-order valence-corrected chi connectivity index (χ1v) is 8.26. The third kappa shape index (κ3) is 3.42. The number of piperidine rings is 1. The molecule has 0 amide bonds. The molecule has 1 saturated carbocycles. The number of hydrogen-bond donors (Lipinski definition) is 1. The molecule has 2 fully saturated rings. The Kier molecular flexibility index (Phi) is 4.42. The summed E-state index contributed by atoms with van der Waals surface area (Å²) in [6.07, 6.45) is 4.07. The first kappa shape index (κ1) is 14.1. The van der Waals surface area contributed by atoms with Crippen LogP contribution in [0.1, 0.15) is 44.6 Å². The van der Waals surface area contributed by atoms with Gasteiger partial charge >= 0.3 is 0 Å². The second kappa shape index (κ2) is 6.28. The van der Waals surface area contributed by atoms with Crippen molar-refractivity contribution in [2.75, 3.05) is 19.6 Å². The molecule has 0 spiro atoms. The number of nitrogens with zero attached hydrogens (tertiary/aromatic N) is 1. The van der Waals surface area contributed by atoms with Crippen LogP contribution in [0.25, 0.3) is 0 Å². The maximum atomic E-state index is 3.80. The van der Waals surface area contributed by atoms with E-state index < -0.39 is 0 Å². The number of rotatable bonds is 5. The molecule has 3 rings (SSSR count). The quantitative estimate of drug-likeness (QED) is 0.885. The molecule has 1 aliphatic carbocycles. The summed E-state index contributed by atoms with van der Waals surface area (Å²) in [6.45, 7) is 8.42. The number of benzene rings is 1. The summed E-state index contributed by atoms with van der Waals surface area (Å²) in [5.74, 6) is 1.66. The van der Waals surface area contributed by atoms with E-state index in [1.54, 1.807) is 0 Å². The summed E-state index contributed by atoms with van der Waals surface area (Å²) >= 11 is 0. The van der Waals surface area contributed by atoms with Gasteiger partial charge in [-0.25, -0.2) is 0 Å². The van der Waals surface area contributed by atoms with Crippen molar-refractivity contribution in [2.24, 2.45) is 5.92 Å². The summed E-state index contributed by atoms with van der Waals surface area (Å²) in [7, 11) is 0. The van der Waals surface area contributed by atoms with E-state index in [1.165, 1.54) is 44.5 Å². The minimum Gasteiger partial charge on any atom is -0.313 e. The summed E-state index contributed by atoms with van der Waals surface area (Å²) in [6, 6.07) is 12.4. The molecule has 20 heavy (non-hydrogen) atoms. The minimum absolute atomic E-state index is 0.717. The topological polar surface area (TPSA) is 15.3 Å². The zero-order chi connectivity index (χ0) is 13.9. The van der Waals surface area contributed by atoms with Gasteiger partial charge in [-0.2, -0.15) is 0 Å². The maximum absolute atomic E-state index is 3.80. The predicted molar refractivity (Wildman–Crippen MR) is 85.0 cm³/mol. The first-order chi connectivity index (χ1) is 9.74. The Hall–Kier alpha value is -0.860. The molecular weight excluding hydrogens is 244 g/mol. The van der Waals surface area contributed by atoms with E-state index in [9.17, 15) is 0 Å². The third-order valence-electron chi connectivity index (χ3n) is 5.07. The van der Waals surface area contributed by atoms with Gasteiger partial charge in [0, 0.05) is 18.0 Å². The van der Waals surface area contributed by atoms with Crippen LogP contribution in [-0.2, 0) is 0 Å².